The zero-order valence-corrected chi connectivity index (χ0v) is 12.0. The maximum absolute atomic E-state index is 12.1. The van der Waals surface area contributed by atoms with Gasteiger partial charge in [0.05, 0.1) is 0 Å². The normalized spacial score (nSPS) is 27.0. The van der Waals surface area contributed by atoms with Crippen molar-refractivity contribution in [2.45, 2.75) is 38.5 Å². The zero-order chi connectivity index (χ0) is 15.7. The molecule has 1 aromatic carbocycles. The Kier molecular flexibility index (Phi) is 4.02. The molecular formula is C16H18F3NO2. The maximum atomic E-state index is 12.1. The highest BCUT2D eigenvalue weighted by atomic mass is 19.4. The molecule has 22 heavy (non-hydrogen) atoms. The van der Waals surface area contributed by atoms with Crippen LogP contribution >= 0.6 is 0 Å². The maximum Gasteiger partial charge on any atom is 0.573 e. The number of benzene rings is 1. The van der Waals surface area contributed by atoms with Gasteiger partial charge in [0.1, 0.15) is 5.75 Å². The van der Waals surface area contributed by atoms with Gasteiger partial charge in [0, 0.05) is 12.1 Å². The number of carbonyl (C=O) groups is 1. The van der Waals surface area contributed by atoms with E-state index in [9.17, 15) is 18.0 Å². The third-order valence-corrected chi connectivity index (χ3v) is 4.70. The van der Waals surface area contributed by atoms with E-state index in [2.05, 4.69) is 10.1 Å². The van der Waals surface area contributed by atoms with Crippen LogP contribution in [0.3, 0.4) is 0 Å². The van der Waals surface area contributed by atoms with Gasteiger partial charge in [-0.05, 0) is 61.3 Å². The standard InChI is InChI=1S/C16H18F3NO2/c17-16(18,19)22-14-5-3-13(4-6-14)20-15(21)9-12-8-10-1-2-11(12)7-10/h3-6,10-12H,1-2,7-9H2,(H,20,21). The number of fused-ring (bicyclic) bond motifs is 2. The Labute approximate surface area is 126 Å². The number of hydrogen-bond acceptors (Lipinski definition) is 2. The number of nitrogens with one attached hydrogen (secondary N) is 1. The molecule has 1 N–H and O–H groups in total. The third kappa shape index (κ3) is 3.72. The van der Waals surface area contributed by atoms with Crippen molar-refractivity contribution < 1.29 is 22.7 Å². The van der Waals surface area contributed by atoms with E-state index in [0.717, 1.165) is 12.3 Å². The molecule has 2 aliphatic carbocycles. The molecule has 1 aromatic rings. The molecule has 2 saturated carbocycles. The van der Waals surface area contributed by atoms with Crippen LogP contribution in [-0.2, 0) is 4.79 Å². The number of amides is 1. The molecule has 2 aliphatic rings. The van der Waals surface area contributed by atoms with Crippen LogP contribution in [0.4, 0.5) is 18.9 Å². The second kappa shape index (κ2) is 5.82. The quantitative estimate of drug-likeness (QED) is 0.897. The van der Waals surface area contributed by atoms with Crippen LogP contribution in [0.5, 0.6) is 5.75 Å². The minimum absolute atomic E-state index is 0.0676. The lowest BCUT2D eigenvalue weighted by Gasteiger charge is -2.20. The minimum Gasteiger partial charge on any atom is -0.406 e. The first-order chi connectivity index (χ1) is 10.4. The second-order valence-corrected chi connectivity index (χ2v) is 6.26. The van der Waals surface area contributed by atoms with E-state index in [4.69, 9.17) is 0 Å². The van der Waals surface area contributed by atoms with Gasteiger partial charge in [0.25, 0.3) is 0 Å². The van der Waals surface area contributed by atoms with E-state index in [1.807, 2.05) is 0 Å². The number of anilines is 1. The second-order valence-electron chi connectivity index (χ2n) is 6.26. The molecule has 6 heteroatoms. The van der Waals surface area contributed by atoms with Gasteiger partial charge in [-0.2, -0.15) is 0 Å². The van der Waals surface area contributed by atoms with E-state index in [1.165, 1.54) is 43.5 Å². The molecule has 0 saturated heterocycles. The topological polar surface area (TPSA) is 38.3 Å². The van der Waals surface area contributed by atoms with Gasteiger partial charge in [-0.3, -0.25) is 4.79 Å². The van der Waals surface area contributed by atoms with Crippen LogP contribution in [0.15, 0.2) is 24.3 Å². The highest BCUT2D eigenvalue weighted by molar-refractivity contribution is 5.90. The first kappa shape index (κ1) is 15.2. The average molecular weight is 313 g/mol. The van der Waals surface area contributed by atoms with Crippen molar-refractivity contribution in [1.29, 1.82) is 0 Å². The van der Waals surface area contributed by atoms with Crippen LogP contribution in [0, 0.1) is 17.8 Å². The Balaban J connectivity index is 1.51. The van der Waals surface area contributed by atoms with Gasteiger partial charge in [0.15, 0.2) is 0 Å². The first-order valence-electron chi connectivity index (χ1n) is 7.55. The zero-order valence-electron chi connectivity index (χ0n) is 12.0. The molecule has 0 heterocycles. The van der Waals surface area contributed by atoms with Crippen LogP contribution in [0.25, 0.3) is 0 Å². The molecule has 0 aliphatic heterocycles. The van der Waals surface area contributed by atoms with Crippen LogP contribution in [0.1, 0.15) is 32.1 Å². The third-order valence-electron chi connectivity index (χ3n) is 4.70. The number of halogens is 3. The summed E-state index contributed by atoms with van der Waals surface area (Å²) in [5.74, 6) is 1.58. The molecule has 2 bridgehead atoms. The van der Waals surface area contributed by atoms with E-state index in [1.54, 1.807) is 0 Å². The van der Waals surface area contributed by atoms with Crippen LogP contribution in [0.2, 0.25) is 0 Å². The fourth-order valence-electron chi connectivity index (χ4n) is 3.82. The van der Waals surface area contributed by atoms with Crippen molar-refractivity contribution in [3.8, 4) is 5.75 Å². The summed E-state index contributed by atoms with van der Waals surface area (Å²) >= 11 is 0. The van der Waals surface area contributed by atoms with E-state index in [-0.39, 0.29) is 11.7 Å². The molecule has 120 valence electrons. The number of alkyl halides is 3. The van der Waals surface area contributed by atoms with Gasteiger partial charge in [-0.25, -0.2) is 0 Å². The molecule has 1 amide bonds. The Hall–Kier alpha value is -1.72. The summed E-state index contributed by atoms with van der Waals surface area (Å²) in [6.45, 7) is 0. The summed E-state index contributed by atoms with van der Waals surface area (Å²) in [6, 6.07) is 5.22. The monoisotopic (exact) mass is 313 g/mol. The van der Waals surface area contributed by atoms with E-state index in [0.29, 0.717) is 23.9 Å². The Morgan fingerprint density at radius 1 is 1.18 bits per heavy atom. The summed E-state index contributed by atoms with van der Waals surface area (Å²) in [5, 5.41) is 2.74. The van der Waals surface area contributed by atoms with Crippen molar-refractivity contribution in [2.24, 2.45) is 17.8 Å². The summed E-state index contributed by atoms with van der Waals surface area (Å²) in [4.78, 5) is 12.0. The highest BCUT2D eigenvalue weighted by Crippen LogP contribution is 2.49. The van der Waals surface area contributed by atoms with Crippen molar-refractivity contribution in [3.05, 3.63) is 24.3 Å². The van der Waals surface area contributed by atoms with Crippen molar-refractivity contribution >= 4 is 11.6 Å². The van der Waals surface area contributed by atoms with Gasteiger partial charge in [-0.1, -0.05) is 6.42 Å². The Morgan fingerprint density at radius 2 is 1.91 bits per heavy atom. The summed E-state index contributed by atoms with van der Waals surface area (Å²) in [7, 11) is 0. The predicted octanol–water partition coefficient (Wildman–Crippen LogP) is 4.35. The highest BCUT2D eigenvalue weighted by Gasteiger charge is 2.40. The largest absolute Gasteiger partial charge is 0.573 e. The molecule has 0 spiro atoms. The summed E-state index contributed by atoms with van der Waals surface area (Å²) < 4.78 is 40.0. The van der Waals surface area contributed by atoms with Crippen LogP contribution < -0.4 is 10.1 Å². The first-order valence-corrected chi connectivity index (χ1v) is 7.55. The molecule has 3 unspecified atom stereocenters. The molecule has 2 fully saturated rings. The van der Waals surface area contributed by atoms with Crippen molar-refractivity contribution in [1.82, 2.24) is 0 Å². The fourth-order valence-corrected chi connectivity index (χ4v) is 3.82. The summed E-state index contributed by atoms with van der Waals surface area (Å²) in [5.41, 5.74) is 0.489. The molecule has 0 radical (unpaired) electrons. The lowest BCUT2D eigenvalue weighted by molar-refractivity contribution is -0.274. The van der Waals surface area contributed by atoms with Gasteiger partial charge < -0.3 is 10.1 Å². The van der Waals surface area contributed by atoms with Crippen molar-refractivity contribution in [2.75, 3.05) is 5.32 Å². The molecule has 0 aromatic heterocycles. The molecule has 3 rings (SSSR count). The number of rotatable bonds is 4. The average Bonchev–Trinajstić information content (AvgIpc) is 3.01. The number of carbonyl (C=O) groups excluding carboxylic acids is 1. The lowest BCUT2D eigenvalue weighted by atomic mass is 9.86. The van der Waals surface area contributed by atoms with Crippen molar-refractivity contribution in [3.63, 3.8) is 0 Å². The fraction of sp³-hybridized carbons (Fsp3) is 0.562. The number of hydrogen-bond donors (Lipinski definition) is 1. The molecule has 3 atom stereocenters. The van der Waals surface area contributed by atoms with E-state index >= 15 is 0 Å². The molecule has 3 nitrogen and oxygen atoms in total. The van der Waals surface area contributed by atoms with Gasteiger partial charge in [-0.15, -0.1) is 13.2 Å². The predicted molar refractivity (Wildman–Crippen MR) is 75.3 cm³/mol. The lowest BCUT2D eigenvalue weighted by Crippen LogP contribution is -2.20. The van der Waals surface area contributed by atoms with Gasteiger partial charge >= 0.3 is 6.36 Å². The van der Waals surface area contributed by atoms with Gasteiger partial charge in [0.2, 0.25) is 5.91 Å². The summed E-state index contributed by atoms with van der Waals surface area (Å²) in [6.07, 6.45) is 0.710. The van der Waals surface area contributed by atoms with E-state index < -0.39 is 6.36 Å². The smallest absolute Gasteiger partial charge is 0.406 e. The Morgan fingerprint density at radius 3 is 2.45 bits per heavy atom. The Bertz CT molecular complexity index is 541. The SMILES string of the molecule is O=C(CC1CC2CCC1C2)Nc1ccc(OC(F)(F)F)cc1. The minimum atomic E-state index is -4.70. The number of ether oxygens (including phenoxy) is 1. The molecular weight excluding hydrogens is 295 g/mol. The van der Waals surface area contributed by atoms with Crippen LogP contribution in [-0.4, -0.2) is 12.3 Å².